The highest BCUT2D eigenvalue weighted by molar-refractivity contribution is 7.89. The third-order valence-electron chi connectivity index (χ3n) is 3.07. The zero-order valence-electron chi connectivity index (χ0n) is 17.0. The van der Waals surface area contributed by atoms with Gasteiger partial charge in [0.2, 0.25) is 20.0 Å². The minimum atomic E-state index is -4.67. The van der Waals surface area contributed by atoms with Crippen molar-refractivity contribution in [3.8, 4) is 0 Å². The predicted octanol–water partition coefficient (Wildman–Crippen LogP) is -3.73. The molecule has 0 atom stereocenters. The number of aliphatic hydroxyl groups is 2. The predicted molar refractivity (Wildman–Crippen MR) is 109 cm³/mol. The van der Waals surface area contributed by atoms with Gasteiger partial charge in [-0.3, -0.25) is 9.11 Å². The maximum absolute atomic E-state index is 10.9. The van der Waals surface area contributed by atoms with Crippen molar-refractivity contribution in [3.05, 3.63) is 0 Å². The van der Waals surface area contributed by atoms with E-state index in [9.17, 15) is 16.8 Å². The first-order chi connectivity index (χ1) is 13.0. The Labute approximate surface area is 173 Å². The van der Waals surface area contributed by atoms with Crippen molar-refractivity contribution in [2.75, 3.05) is 79.1 Å². The lowest BCUT2D eigenvalue weighted by Crippen LogP contribution is -2.32. The monoisotopic (exact) mass is 490 g/mol. The summed E-state index contributed by atoms with van der Waals surface area (Å²) in [6.07, 6.45) is 0. The second-order valence-corrected chi connectivity index (χ2v) is 10.5. The fraction of sp³-hybridized carbons (Fsp3) is 1.00. The fourth-order valence-electron chi connectivity index (χ4n) is 1.32. The summed E-state index contributed by atoms with van der Waals surface area (Å²) in [6, 6.07) is 0. The van der Waals surface area contributed by atoms with Crippen LogP contribution >= 0.6 is 0 Å². The fourth-order valence-corrected chi connectivity index (χ4v) is 2.83. The maximum atomic E-state index is 10.9. The molecule has 0 bridgehead atoms. The van der Waals surface area contributed by atoms with E-state index in [0.717, 1.165) is 0 Å². The highest BCUT2D eigenvalue weighted by Gasteiger charge is 2.08. The van der Waals surface area contributed by atoms with Gasteiger partial charge in [-0.25, -0.2) is 26.3 Å². The first-order valence-electron chi connectivity index (χ1n) is 8.14. The average Bonchev–Trinajstić information content (AvgIpc) is 2.58. The molecule has 0 amide bonds. The van der Waals surface area contributed by atoms with Crippen molar-refractivity contribution in [2.45, 2.75) is 0 Å². The normalized spacial score (nSPS) is 12.2. The molecule has 0 heterocycles. The molecule has 0 spiro atoms. The summed E-state index contributed by atoms with van der Waals surface area (Å²) in [5.41, 5.74) is 0. The number of rotatable bonds is 12. The SMILES string of the molecule is CNS(=O)(=O)CCN(C)CCO.CNS(=O)(=O)CCN(C)CCO.O=S(=O)(O)O. The number of aliphatic hydroxyl groups excluding tert-OH is 2. The lowest BCUT2D eigenvalue weighted by Gasteiger charge is -2.14. The van der Waals surface area contributed by atoms with Crippen LogP contribution in [0.4, 0.5) is 0 Å². The van der Waals surface area contributed by atoms with Crippen LogP contribution < -0.4 is 9.44 Å². The van der Waals surface area contributed by atoms with Gasteiger partial charge < -0.3 is 20.0 Å². The Morgan fingerprint density at radius 2 is 0.897 bits per heavy atom. The molecule has 0 saturated carbocycles. The highest BCUT2D eigenvalue weighted by atomic mass is 32.3. The van der Waals surface area contributed by atoms with Crippen LogP contribution in [0.25, 0.3) is 0 Å². The number of nitrogens with one attached hydrogen (secondary N) is 2. The van der Waals surface area contributed by atoms with Gasteiger partial charge in [0.05, 0.1) is 24.7 Å². The minimum absolute atomic E-state index is 0.0517. The van der Waals surface area contributed by atoms with Gasteiger partial charge in [0.1, 0.15) is 0 Å². The van der Waals surface area contributed by atoms with E-state index < -0.39 is 30.4 Å². The van der Waals surface area contributed by atoms with Crippen molar-refractivity contribution in [1.29, 1.82) is 0 Å². The molecular formula is C12H34N4O10S3. The van der Waals surface area contributed by atoms with E-state index in [2.05, 4.69) is 9.44 Å². The molecule has 17 heteroatoms. The van der Waals surface area contributed by atoms with E-state index in [-0.39, 0.29) is 24.7 Å². The Hall–Kier alpha value is -0.470. The largest absolute Gasteiger partial charge is 0.395 e. The van der Waals surface area contributed by atoms with Gasteiger partial charge in [0, 0.05) is 26.2 Å². The molecule has 0 aliphatic heterocycles. The summed E-state index contributed by atoms with van der Waals surface area (Å²) in [5, 5.41) is 17.0. The van der Waals surface area contributed by atoms with Crippen LogP contribution in [0, 0.1) is 0 Å². The van der Waals surface area contributed by atoms with Crippen LogP contribution in [0.1, 0.15) is 0 Å². The van der Waals surface area contributed by atoms with Gasteiger partial charge >= 0.3 is 10.4 Å². The van der Waals surface area contributed by atoms with Crippen LogP contribution in [-0.4, -0.2) is 133 Å². The molecule has 0 aromatic rings. The summed E-state index contributed by atoms with van der Waals surface area (Å²) in [6.45, 7) is 1.97. The van der Waals surface area contributed by atoms with Gasteiger partial charge in [0.25, 0.3) is 0 Å². The van der Waals surface area contributed by atoms with E-state index in [1.165, 1.54) is 14.1 Å². The van der Waals surface area contributed by atoms with E-state index in [4.69, 9.17) is 27.7 Å². The van der Waals surface area contributed by atoms with E-state index in [0.29, 0.717) is 26.2 Å². The van der Waals surface area contributed by atoms with Crippen molar-refractivity contribution in [2.24, 2.45) is 0 Å². The highest BCUT2D eigenvalue weighted by Crippen LogP contribution is 1.87. The quantitative estimate of drug-likeness (QED) is 0.146. The van der Waals surface area contributed by atoms with Crippen molar-refractivity contribution < 1.29 is 44.6 Å². The molecule has 0 aliphatic carbocycles. The van der Waals surface area contributed by atoms with Crippen LogP contribution in [0.2, 0.25) is 0 Å². The van der Waals surface area contributed by atoms with Gasteiger partial charge in [-0.15, -0.1) is 0 Å². The van der Waals surface area contributed by atoms with Crippen LogP contribution in [0.5, 0.6) is 0 Å². The molecule has 6 N–H and O–H groups in total. The van der Waals surface area contributed by atoms with E-state index in [1.807, 2.05) is 0 Å². The van der Waals surface area contributed by atoms with Gasteiger partial charge in [-0.05, 0) is 28.2 Å². The van der Waals surface area contributed by atoms with Crippen LogP contribution in [0.3, 0.4) is 0 Å². The molecule has 0 rings (SSSR count). The topological polar surface area (TPSA) is 214 Å². The van der Waals surface area contributed by atoms with Gasteiger partial charge in [0.15, 0.2) is 0 Å². The molecule has 14 nitrogen and oxygen atoms in total. The average molecular weight is 491 g/mol. The molecular weight excluding hydrogens is 456 g/mol. The molecule has 0 radical (unpaired) electrons. The Balaban J connectivity index is -0.000000380. The Kier molecular flexibility index (Phi) is 19.7. The van der Waals surface area contributed by atoms with Crippen molar-refractivity contribution >= 4 is 30.4 Å². The number of sulfonamides is 2. The lowest BCUT2D eigenvalue weighted by atomic mass is 10.5. The molecule has 0 aliphatic rings. The Bertz CT molecular complexity index is 643. The summed E-state index contributed by atoms with van der Waals surface area (Å²) in [7, 11) is -4.57. The Morgan fingerprint density at radius 3 is 1.07 bits per heavy atom. The van der Waals surface area contributed by atoms with Crippen molar-refractivity contribution in [1.82, 2.24) is 19.2 Å². The van der Waals surface area contributed by atoms with Crippen LogP contribution in [0.15, 0.2) is 0 Å². The van der Waals surface area contributed by atoms with Crippen molar-refractivity contribution in [3.63, 3.8) is 0 Å². The summed E-state index contributed by atoms with van der Waals surface area (Å²) >= 11 is 0. The first kappa shape index (κ1) is 33.2. The molecule has 29 heavy (non-hydrogen) atoms. The second-order valence-electron chi connectivity index (χ2n) is 5.55. The third-order valence-corrected chi connectivity index (χ3v) is 5.75. The number of hydrogen-bond donors (Lipinski definition) is 6. The third kappa shape index (κ3) is 32.4. The maximum Gasteiger partial charge on any atom is 0.394 e. The minimum Gasteiger partial charge on any atom is -0.395 e. The molecule has 0 saturated heterocycles. The zero-order chi connectivity index (χ0) is 23.7. The van der Waals surface area contributed by atoms with Crippen LogP contribution in [-0.2, 0) is 30.4 Å². The standard InChI is InChI=1S/2C6H16N2O3S.H2O4S/c2*1-7-12(10,11)6-4-8(2)3-5-9;1-5(2,3)4/h2*7,9H,3-6H2,1-2H3;(H2,1,2,3,4). The Morgan fingerprint density at radius 1 is 0.655 bits per heavy atom. The second kappa shape index (κ2) is 17.2. The molecule has 0 fully saturated rings. The number of hydrogen-bond acceptors (Lipinski definition) is 10. The molecule has 180 valence electrons. The zero-order valence-corrected chi connectivity index (χ0v) is 19.5. The first-order valence-corrected chi connectivity index (χ1v) is 12.8. The number of nitrogens with zero attached hydrogens (tertiary/aromatic N) is 2. The van der Waals surface area contributed by atoms with Gasteiger partial charge in [-0.1, -0.05) is 0 Å². The lowest BCUT2D eigenvalue weighted by molar-refractivity contribution is 0.227. The molecule has 0 aromatic carbocycles. The number of likely N-dealkylation sites (N-methyl/N-ethyl adjacent to an activating group) is 2. The molecule has 0 aromatic heterocycles. The molecule has 0 unspecified atom stereocenters. The van der Waals surface area contributed by atoms with E-state index >= 15 is 0 Å². The summed E-state index contributed by atoms with van der Waals surface area (Å²) in [4.78, 5) is 3.52. The summed E-state index contributed by atoms with van der Waals surface area (Å²) < 4.78 is 79.7. The van der Waals surface area contributed by atoms with E-state index in [1.54, 1.807) is 23.9 Å². The smallest absolute Gasteiger partial charge is 0.394 e. The van der Waals surface area contributed by atoms with Gasteiger partial charge in [-0.2, -0.15) is 8.42 Å². The summed E-state index contributed by atoms with van der Waals surface area (Å²) in [5.74, 6) is 0.139.